The minimum Gasteiger partial charge on any atom is -0.264 e. The molecular formula is C17H14Cl2N4S. The summed E-state index contributed by atoms with van der Waals surface area (Å²) in [7, 11) is 0. The van der Waals surface area contributed by atoms with Gasteiger partial charge in [0.25, 0.3) is 0 Å². The van der Waals surface area contributed by atoms with Crippen molar-refractivity contribution in [2.24, 2.45) is 10.1 Å². The topological polar surface area (TPSA) is 42.5 Å². The highest BCUT2D eigenvalue weighted by molar-refractivity contribution is 7.07. The highest BCUT2D eigenvalue weighted by Crippen LogP contribution is 2.28. The summed E-state index contributed by atoms with van der Waals surface area (Å²) in [4.78, 5) is 9.41. The average molecular weight is 377 g/mol. The van der Waals surface area contributed by atoms with Gasteiger partial charge < -0.3 is 0 Å². The molecule has 0 atom stereocenters. The zero-order valence-corrected chi connectivity index (χ0v) is 15.2. The lowest BCUT2D eigenvalue weighted by molar-refractivity contribution is 0.833. The molecule has 0 saturated heterocycles. The van der Waals surface area contributed by atoms with Crippen molar-refractivity contribution < 1.29 is 0 Å². The Balaban J connectivity index is 2.09. The van der Waals surface area contributed by atoms with Gasteiger partial charge in [0.15, 0.2) is 0 Å². The molecule has 0 unspecified atom stereocenters. The number of rotatable bonds is 4. The monoisotopic (exact) mass is 376 g/mol. The van der Waals surface area contributed by atoms with Crippen molar-refractivity contribution >= 4 is 40.8 Å². The zero-order valence-electron chi connectivity index (χ0n) is 12.9. The van der Waals surface area contributed by atoms with E-state index >= 15 is 0 Å². The van der Waals surface area contributed by atoms with Gasteiger partial charge in [-0.2, -0.15) is 5.10 Å². The van der Waals surface area contributed by atoms with Gasteiger partial charge in [-0.25, -0.2) is 4.68 Å². The van der Waals surface area contributed by atoms with Crippen molar-refractivity contribution in [2.45, 2.75) is 6.92 Å². The van der Waals surface area contributed by atoms with Gasteiger partial charge in [0.2, 0.25) is 4.80 Å². The van der Waals surface area contributed by atoms with Crippen LogP contribution in [0.1, 0.15) is 12.5 Å². The first-order chi connectivity index (χ1) is 11.7. The maximum atomic E-state index is 6.15. The van der Waals surface area contributed by atoms with Crippen LogP contribution in [0.25, 0.3) is 11.3 Å². The number of halogens is 2. The van der Waals surface area contributed by atoms with E-state index < -0.39 is 0 Å². The smallest absolute Gasteiger partial charge is 0.206 e. The summed E-state index contributed by atoms with van der Waals surface area (Å²) < 4.78 is 1.81. The molecule has 7 heteroatoms. The van der Waals surface area contributed by atoms with Gasteiger partial charge in [-0.1, -0.05) is 35.3 Å². The van der Waals surface area contributed by atoms with E-state index in [1.54, 1.807) is 29.4 Å². The van der Waals surface area contributed by atoms with E-state index in [9.17, 15) is 0 Å². The van der Waals surface area contributed by atoms with Crippen molar-refractivity contribution in [3.05, 3.63) is 68.5 Å². The number of aromatic nitrogens is 2. The normalized spacial score (nSPS) is 12.2. The third-order valence-corrected chi connectivity index (χ3v) is 4.79. The fraction of sp³-hybridized carbons (Fsp3) is 0.118. The van der Waals surface area contributed by atoms with Crippen molar-refractivity contribution in [3.63, 3.8) is 0 Å². The van der Waals surface area contributed by atoms with Crippen molar-refractivity contribution in [2.75, 3.05) is 6.54 Å². The number of nitrogens with zero attached hydrogens (tertiary/aromatic N) is 4. The van der Waals surface area contributed by atoms with Crippen LogP contribution in [0.3, 0.4) is 0 Å². The first kappa shape index (κ1) is 16.9. The van der Waals surface area contributed by atoms with Crippen LogP contribution in [-0.4, -0.2) is 22.4 Å². The Kier molecular flexibility index (Phi) is 5.45. The molecule has 0 spiro atoms. The van der Waals surface area contributed by atoms with Crippen molar-refractivity contribution in [3.8, 4) is 11.3 Å². The summed E-state index contributed by atoms with van der Waals surface area (Å²) >= 11 is 13.7. The Morgan fingerprint density at radius 1 is 1.25 bits per heavy atom. The molecule has 0 N–H and O–H groups in total. The van der Waals surface area contributed by atoms with Gasteiger partial charge in [-0.05, 0) is 25.1 Å². The number of benzene rings is 1. The van der Waals surface area contributed by atoms with E-state index in [1.807, 2.05) is 36.6 Å². The van der Waals surface area contributed by atoms with E-state index in [1.165, 1.54) is 11.3 Å². The molecule has 2 heterocycles. The van der Waals surface area contributed by atoms with Crippen molar-refractivity contribution in [1.29, 1.82) is 0 Å². The predicted octanol–water partition coefficient (Wildman–Crippen LogP) is 4.72. The first-order valence-corrected chi connectivity index (χ1v) is 8.93. The SMILES string of the molecule is CCN=c1scc(-c2ccc(Cl)c(Cl)c2)n1N=Cc1cccnc1. The van der Waals surface area contributed by atoms with Crippen molar-refractivity contribution in [1.82, 2.24) is 9.66 Å². The molecule has 0 radical (unpaired) electrons. The second kappa shape index (κ2) is 7.75. The lowest BCUT2D eigenvalue weighted by Crippen LogP contribution is -2.12. The molecule has 0 bridgehead atoms. The molecule has 0 aliphatic rings. The molecule has 0 aliphatic carbocycles. The largest absolute Gasteiger partial charge is 0.264 e. The first-order valence-electron chi connectivity index (χ1n) is 7.30. The second-order valence-electron chi connectivity index (χ2n) is 4.85. The Morgan fingerprint density at radius 3 is 2.83 bits per heavy atom. The summed E-state index contributed by atoms with van der Waals surface area (Å²) in [6, 6.07) is 9.35. The molecular weight excluding hydrogens is 363 g/mol. The molecule has 4 nitrogen and oxygen atoms in total. The van der Waals surface area contributed by atoms with E-state index in [0.29, 0.717) is 16.6 Å². The van der Waals surface area contributed by atoms with Crippen LogP contribution < -0.4 is 4.80 Å². The van der Waals surface area contributed by atoms with Crippen LogP contribution in [0.4, 0.5) is 0 Å². The summed E-state index contributed by atoms with van der Waals surface area (Å²) in [6.45, 7) is 2.68. The Hall–Kier alpha value is -1.95. The van der Waals surface area contributed by atoms with Crippen LogP contribution in [0.15, 0.2) is 58.2 Å². The maximum absolute atomic E-state index is 6.15. The molecule has 3 rings (SSSR count). The lowest BCUT2D eigenvalue weighted by atomic mass is 10.2. The lowest BCUT2D eigenvalue weighted by Gasteiger charge is -2.05. The Bertz CT molecular complexity index is 929. The number of pyridine rings is 1. The van der Waals surface area contributed by atoms with Crippen LogP contribution >= 0.6 is 34.5 Å². The summed E-state index contributed by atoms with van der Waals surface area (Å²) in [6.07, 6.45) is 5.25. The molecule has 3 aromatic rings. The van der Waals surface area contributed by atoms with E-state index in [4.69, 9.17) is 23.2 Å². The van der Waals surface area contributed by atoms with E-state index in [0.717, 1.165) is 21.6 Å². The molecule has 0 fully saturated rings. The molecule has 1 aromatic carbocycles. The van der Waals surface area contributed by atoms with E-state index in [-0.39, 0.29) is 0 Å². The average Bonchev–Trinajstić information content (AvgIpc) is 2.99. The second-order valence-corrected chi connectivity index (χ2v) is 6.50. The minimum absolute atomic E-state index is 0.511. The van der Waals surface area contributed by atoms with Gasteiger partial charge in [0.05, 0.1) is 22.0 Å². The van der Waals surface area contributed by atoms with Crippen LogP contribution in [0, 0.1) is 0 Å². The molecule has 122 valence electrons. The molecule has 2 aromatic heterocycles. The van der Waals surface area contributed by atoms with Gasteiger partial charge in [0, 0.05) is 35.4 Å². The van der Waals surface area contributed by atoms with Gasteiger partial charge in [0.1, 0.15) is 0 Å². The van der Waals surface area contributed by atoms with E-state index in [2.05, 4.69) is 15.1 Å². The highest BCUT2D eigenvalue weighted by Gasteiger charge is 2.09. The zero-order chi connectivity index (χ0) is 16.9. The quantitative estimate of drug-likeness (QED) is 0.607. The van der Waals surface area contributed by atoms with Gasteiger partial charge in [-0.15, -0.1) is 11.3 Å². The number of hydrogen-bond acceptors (Lipinski definition) is 4. The minimum atomic E-state index is 0.511. The van der Waals surface area contributed by atoms with Gasteiger partial charge >= 0.3 is 0 Å². The molecule has 0 amide bonds. The highest BCUT2D eigenvalue weighted by atomic mass is 35.5. The molecule has 0 saturated carbocycles. The fourth-order valence-electron chi connectivity index (χ4n) is 2.09. The number of thiazole rings is 1. The standard InChI is InChI=1S/C17H14Cl2N4S/c1-2-21-17-23(22-10-12-4-3-7-20-9-12)16(11-24-17)13-5-6-14(18)15(19)8-13/h3-11H,2H2,1H3. The molecule has 24 heavy (non-hydrogen) atoms. The third-order valence-electron chi connectivity index (χ3n) is 3.20. The third kappa shape index (κ3) is 3.75. The summed E-state index contributed by atoms with van der Waals surface area (Å²) in [5.74, 6) is 0. The Labute approximate surface area is 153 Å². The number of hydrogen-bond donors (Lipinski definition) is 0. The van der Waals surface area contributed by atoms with Crippen LogP contribution in [0.5, 0.6) is 0 Å². The Morgan fingerprint density at radius 2 is 2.12 bits per heavy atom. The van der Waals surface area contributed by atoms with Crippen LogP contribution in [-0.2, 0) is 0 Å². The maximum Gasteiger partial charge on any atom is 0.206 e. The fourth-order valence-corrected chi connectivity index (χ4v) is 3.29. The molecule has 0 aliphatic heterocycles. The van der Waals surface area contributed by atoms with Gasteiger partial charge in [-0.3, -0.25) is 9.98 Å². The van der Waals surface area contributed by atoms with Crippen LogP contribution in [0.2, 0.25) is 10.0 Å². The predicted molar refractivity (Wildman–Crippen MR) is 101 cm³/mol. The summed E-state index contributed by atoms with van der Waals surface area (Å²) in [5, 5.41) is 7.62. The summed E-state index contributed by atoms with van der Waals surface area (Å²) in [5.41, 5.74) is 2.76.